The zero-order valence-electron chi connectivity index (χ0n) is 58.6. The fourth-order valence-corrected chi connectivity index (χ4v) is 20.2. The predicted octanol–water partition coefficient (Wildman–Crippen LogP) is 26.7. The van der Waals surface area contributed by atoms with Gasteiger partial charge in [-0.15, -0.1) is 11.3 Å². The van der Waals surface area contributed by atoms with Crippen LogP contribution in [0.15, 0.2) is 334 Å². The van der Waals surface area contributed by atoms with Crippen LogP contribution in [0.5, 0.6) is 0 Å². The Bertz CT molecular complexity index is 7890. The summed E-state index contributed by atoms with van der Waals surface area (Å²) in [5.41, 5.74) is 15.2. The number of nitrogens with zero attached hydrogens (tertiary/aromatic N) is 6. The van der Waals surface area contributed by atoms with Gasteiger partial charge in [-0.05, 0) is 158 Å². The quantitative estimate of drug-likeness (QED) is 0.149. The Morgan fingerprint density at radius 3 is 1.44 bits per heavy atom. The molecule has 0 saturated carbocycles. The average Bonchev–Trinajstić information content (AvgIpc) is 1.48. The van der Waals surface area contributed by atoms with E-state index in [4.69, 9.17) is 19.9 Å². The molecular formula is C101H60N6S. The Hall–Kier alpha value is -13.7. The Labute approximate surface area is 623 Å². The third-order valence-corrected chi connectivity index (χ3v) is 24.9. The van der Waals surface area contributed by atoms with Gasteiger partial charge in [-0.25, -0.2) is 19.9 Å². The van der Waals surface area contributed by atoms with Crippen molar-refractivity contribution in [1.29, 1.82) is 0 Å². The number of fused-ring (bicyclic) bond motifs is 31. The summed E-state index contributed by atoms with van der Waals surface area (Å²) in [7, 11) is 0. The van der Waals surface area contributed by atoms with Gasteiger partial charge < -0.3 is 0 Å². The largest absolute Gasteiger partial charge is 0.292 e. The van der Waals surface area contributed by atoms with Crippen LogP contribution in [0.2, 0.25) is 0 Å². The molecule has 0 saturated heterocycles. The van der Waals surface area contributed by atoms with Gasteiger partial charge in [0.1, 0.15) is 10.5 Å². The molecule has 18 aromatic carbocycles. The van der Waals surface area contributed by atoms with Gasteiger partial charge in [0, 0.05) is 69.9 Å². The molecule has 108 heavy (non-hydrogen) atoms. The van der Waals surface area contributed by atoms with Gasteiger partial charge in [0.15, 0.2) is 5.82 Å². The van der Waals surface area contributed by atoms with Crippen molar-refractivity contribution in [2.75, 3.05) is 0 Å². The standard InChI is InChI=1S/C101H60N6S/c1-101(81-37-19-17-35-78(81)96-97(101)102-95(66-45-42-60-23-5-6-26-65(60)56-66)98(103-96)106-82-51-46-62-24-7-9-27-67(62)89(82)92-84(106)53-49-75-71-31-12-11-29-69(71)70-30-15-16-34-74(70)87(75)92)57-58-39-48-77-80(55-58)73-33-14-13-32-72(73)76-50-54-85-93(88(76)77)90-68-28-10-8-25-63(68)47-52-83(90)107(85)100-104-94(91-79-36-18-20-38-86(79)108-99(91)105-100)64-43-40-61(41-44-64)59-21-3-2-4-22-59/h2-56H,57H2,1H3. The van der Waals surface area contributed by atoms with Crippen molar-refractivity contribution in [3.05, 3.63) is 350 Å². The van der Waals surface area contributed by atoms with Crippen LogP contribution in [-0.4, -0.2) is 29.1 Å². The maximum Gasteiger partial charge on any atom is 0.236 e. The molecule has 5 aromatic heterocycles. The Kier molecular flexibility index (Phi) is 12.4. The van der Waals surface area contributed by atoms with E-state index >= 15 is 0 Å². The summed E-state index contributed by atoms with van der Waals surface area (Å²) in [6.45, 7) is 2.42. The van der Waals surface area contributed by atoms with Crippen molar-refractivity contribution in [2.45, 2.75) is 18.8 Å². The van der Waals surface area contributed by atoms with Gasteiger partial charge in [0.05, 0.1) is 39.1 Å². The third kappa shape index (κ3) is 8.36. The summed E-state index contributed by atoms with van der Waals surface area (Å²) in [6.07, 6.45) is 0.669. The van der Waals surface area contributed by atoms with Gasteiger partial charge in [0.2, 0.25) is 5.95 Å². The fourth-order valence-electron chi connectivity index (χ4n) is 19.1. The van der Waals surface area contributed by atoms with E-state index in [9.17, 15) is 0 Å². The Balaban J connectivity index is 0.731. The first-order chi connectivity index (χ1) is 53.4. The highest BCUT2D eigenvalue weighted by Gasteiger charge is 2.43. The molecule has 5 heterocycles. The molecule has 1 aliphatic carbocycles. The van der Waals surface area contributed by atoms with Crippen LogP contribution in [0.1, 0.15) is 23.7 Å². The number of hydrogen-bond acceptors (Lipinski definition) is 5. The van der Waals surface area contributed by atoms with E-state index in [2.05, 4.69) is 350 Å². The van der Waals surface area contributed by atoms with Crippen LogP contribution < -0.4 is 0 Å². The molecule has 6 nitrogen and oxygen atoms in total. The van der Waals surface area contributed by atoms with Crippen LogP contribution >= 0.6 is 11.3 Å². The maximum atomic E-state index is 6.22. The number of rotatable bonds is 7. The van der Waals surface area contributed by atoms with Crippen LogP contribution in [0.25, 0.3) is 218 Å². The van der Waals surface area contributed by atoms with Crippen molar-refractivity contribution in [3.63, 3.8) is 0 Å². The Morgan fingerprint density at radius 1 is 0.287 bits per heavy atom. The van der Waals surface area contributed by atoms with Crippen molar-refractivity contribution in [3.8, 4) is 56.7 Å². The van der Waals surface area contributed by atoms with Gasteiger partial charge in [0.25, 0.3) is 0 Å². The highest BCUT2D eigenvalue weighted by atomic mass is 32.1. The molecular weight excluding hydrogens is 1330 g/mol. The lowest BCUT2D eigenvalue weighted by Gasteiger charge is -2.27. The lowest BCUT2D eigenvalue weighted by atomic mass is 9.77. The summed E-state index contributed by atoms with van der Waals surface area (Å²) in [6, 6.07) is 123. The molecule has 1 unspecified atom stereocenters. The average molecular weight is 1390 g/mol. The van der Waals surface area contributed by atoms with E-state index < -0.39 is 5.41 Å². The van der Waals surface area contributed by atoms with Crippen molar-refractivity contribution in [2.24, 2.45) is 0 Å². The first kappa shape index (κ1) is 59.6. The van der Waals surface area contributed by atoms with E-state index in [0.717, 1.165) is 93.9 Å². The molecule has 7 heteroatoms. The molecule has 0 fully saturated rings. The van der Waals surface area contributed by atoms with Crippen molar-refractivity contribution < 1.29 is 0 Å². The molecule has 500 valence electrons. The minimum atomic E-state index is -0.617. The number of thiophene rings is 1. The van der Waals surface area contributed by atoms with Gasteiger partial charge in [-0.1, -0.05) is 297 Å². The summed E-state index contributed by atoms with van der Waals surface area (Å²) < 4.78 is 5.98. The molecule has 1 atom stereocenters. The van der Waals surface area contributed by atoms with Gasteiger partial charge in [-0.2, -0.15) is 0 Å². The summed E-state index contributed by atoms with van der Waals surface area (Å²) in [5, 5.41) is 28.8. The lowest BCUT2D eigenvalue weighted by molar-refractivity contribution is 0.564. The molecule has 24 rings (SSSR count). The lowest BCUT2D eigenvalue weighted by Crippen LogP contribution is -2.26. The van der Waals surface area contributed by atoms with Crippen LogP contribution in [0.4, 0.5) is 0 Å². The predicted molar refractivity (Wildman–Crippen MR) is 455 cm³/mol. The molecule has 0 bridgehead atoms. The highest BCUT2D eigenvalue weighted by molar-refractivity contribution is 7.25. The van der Waals surface area contributed by atoms with E-state index in [0.29, 0.717) is 12.4 Å². The Morgan fingerprint density at radius 2 is 0.759 bits per heavy atom. The smallest absolute Gasteiger partial charge is 0.236 e. The van der Waals surface area contributed by atoms with Crippen molar-refractivity contribution in [1.82, 2.24) is 29.1 Å². The summed E-state index contributed by atoms with van der Waals surface area (Å²) >= 11 is 1.73. The number of aromatic nitrogens is 6. The minimum Gasteiger partial charge on any atom is -0.292 e. The van der Waals surface area contributed by atoms with E-state index in [-0.39, 0.29) is 0 Å². The minimum absolute atomic E-state index is 0.617. The van der Waals surface area contributed by atoms with E-state index in [1.807, 2.05) is 0 Å². The third-order valence-electron chi connectivity index (χ3n) is 23.9. The van der Waals surface area contributed by atoms with Crippen LogP contribution in [0, 0.1) is 0 Å². The molecule has 1 aliphatic rings. The summed E-state index contributed by atoms with van der Waals surface area (Å²) in [5.74, 6) is 1.44. The van der Waals surface area contributed by atoms with E-state index in [1.165, 1.54) is 135 Å². The second-order valence-corrected chi connectivity index (χ2v) is 30.6. The maximum absolute atomic E-state index is 6.22. The van der Waals surface area contributed by atoms with Gasteiger partial charge in [-0.3, -0.25) is 9.13 Å². The zero-order valence-corrected chi connectivity index (χ0v) is 59.4. The SMILES string of the molecule is CC1(Cc2ccc3c(c2)c2ccccc2c2ccc4c(c23)c2c3ccccc3ccc2n4-c2nc(-c3ccc(-c4ccccc4)cc3)c3c(n2)sc2ccccc23)c2ccccc2-c2nc(-n3c4ccc5ccccc5c4c4c5c6ccccc6c6ccccc6c5ccc43)c(-c3ccc4ccccc4c3)nc21. The topological polar surface area (TPSA) is 61.4 Å². The van der Waals surface area contributed by atoms with E-state index in [1.54, 1.807) is 11.3 Å². The molecule has 0 amide bonds. The van der Waals surface area contributed by atoms with Crippen molar-refractivity contribution >= 4 is 172 Å². The van der Waals surface area contributed by atoms with Gasteiger partial charge >= 0.3 is 0 Å². The second kappa shape index (κ2) is 22.4. The second-order valence-electron chi connectivity index (χ2n) is 29.6. The molecule has 0 radical (unpaired) electrons. The normalized spacial score (nSPS) is 13.9. The highest BCUT2D eigenvalue weighted by Crippen LogP contribution is 2.54. The van der Waals surface area contributed by atoms with Crippen LogP contribution in [-0.2, 0) is 11.8 Å². The number of hydrogen-bond donors (Lipinski definition) is 0. The molecule has 0 aliphatic heterocycles. The zero-order chi connectivity index (χ0) is 70.6. The molecule has 0 N–H and O–H groups in total. The summed E-state index contributed by atoms with van der Waals surface area (Å²) in [4.78, 5) is 24.8. The molecule has 23 aromatic rings. The van der Waals surface area contributed by atoms with Crippen LogP contribution in [0.3, 0.4) is 0 Å². The fraction of sp³-hybridized carbons (Fsp3) is 0.0297. The monoisotopic (exact) mass is 1390 g/mol. The molecule has 0 spiro atoms. The number of benzene rings is 18. The first-order valence-corrected chi connectivity index (χ1v) is 38.0. The first-order valence-electron chi connectivity index (χ1n) is 37.2.